The summed E-state index contributed by atoms with van der Waals surface area (Å²) in [6, 6.07) is 51.0. The number of aromatic nitrogens is 6. The molecule has 5 heterocycles. The van der Waals surface area contributed by atoms with Gasteiger partial charge in [-0.1, -0.05) is 48.5 Å². The van der Waals surface area contributed by atoms with Crippen LogP contribution in [0.1, 0.15) is 11.1 Å². The van der Waals surface area contributed by atoms with Crippen molar-refractivity contribution in [3.8, 4) is 62.9 Å². The van der Waals surface area contributed by atoms with Crippen LogP contribution in [0.25, 0.3) is 77.8 Å². The minimum atomic E-state index is 0.611. The van der Waals surface area contributed by atoms with E-state index in [2.05, 4.69) is 108 Å². The fourth-order valence-corrected chi connectivity index (χ4v) is 8.32. The minimum Gasteiger partial charge on any atom is -0.497 e. The Bertz CT molecular complexity index is 3500. The number of methoxy groups -OCH3 is 1. The van der Waals surface area contributed by atoms with Gasteiger partial charge in [0.05, 0.1) is 53.0 Å². The van der Waals surface area contributed by atoms with Crippen molar-refractivity contribution in [1.82, 2.24) is 29.1 Å². The van der Waals surface area contributed by atoms with Gasteiger partial charge in [0.25, 0.3) is 0 Å². The van der Waals surface area contributed by atoms with Crippen molar-refractivity contribution >= 4 is 43.6 Å². The van der Waals surface area contributed by atoms with Crippen LogP contribution in [-0.2, 0) is 0 Å². The maximum atomic E-state index is 6.55. The van der Waals surface area contributed by atoms with Crippen molar-refractivity contribution in [2.24, 2.45) is 0 Å². The lowest BCUT2D eigenvalue weighted by Crippen LogP contribution is -1.97. The zero-order chi connectivity index (χ0) is 41.7. The van der Waals surface area contributed by atoms with E-state index >= 15 is 0 Å². The van der Waals surface area contributed by atoms with Gasteiger partial charge in [-0.2, -0.15) is 0 Å². The van der Waals surface area contributed by atoms with Crippen LogP contribution in [0.3, 0.4) is 0 Å². The first kappa shape index (κ1) is 36.8. The molecule has 6 aromatic carbocycles. The van der Waals surface area contributed by atoms with E-state index in [1.807, 2.05) is 79.1 Å². The fraction of sp³-hybridized carbons (Fsp3) is 0.0566. The number of para-hydroxylation sites is 2. The van der Waals surface area contributed by atoms with E-state index in [4.69, 9.17) is 34.1 Å². The summed E-state index contributed by atoms with van der Waals surface area (Å²) in [4.78, 5) is 19.1. The second-order valence-electron chi connectivity index (χ2n) is 15.4. The third-order valence-corrected chi connectivity index (χ3v) is 11.2. The summed E-state index contributed by atoms with van der Waals surface area (Å²) in [6.45, 7) is 4.16. The smallest absolute Gasteiger partial charge is 0.137 e. The fourth-order valence-electron chi connectivity index (χ4n) is 8.32. The van der Waals surface area contributed by atoms with Gasteiger partial charge in [0.2, 0.25) is 0 Å². The Morgan fingerprint density at radius 3 is 1.45 bits per heavy atom. The highest BCUT2D eigenvalue weighted by Crippen LogP contribution is 2.38. The number of hydrogen-bond donors (Lipinski definition) is 0. The Morgan fingerprint density at radius 2 is 0.887 bits per heavy atom. The maximum Gasteiger partial charge on any atom is 0.137 e. The average molecular weight is 807 g/mol. The molecule has 298 valence electrons. The zero-order valence-electron chi connectivity index (χ0n) is 34.2. The quantitative estimate of drug-likeness (QED) is 0.143. The number of nitrogens with zero attached hydrogens (tertiary/aromatic N) is 6. The van der Waals surface area contributed by atoms with Crippen LogP contribution < -0.4 is 14.2 Å². The van der Waals surface area contributed by atoms with Crippen molar-refractivity contribution in [2.45, 2.75) is 13.8 Å². The molecule has 62 heavy (non-hydrogen) atoms. The molecule has 0 N–H and O–H groups in total. The predicted molar refractivity (Wildman–Crippen MR) is 246 cm³/mol. The number of fused-ring (bicyclic) bond motifs is 6. The first-order chi connectivity index (χ1) is 30.5. The van der Waals surface area contributed by atoms with Gasteiger partial charge < -0.3 is 14.2 Å². The Morgan fingerprint density at radius 1 is 0.387 bits per heavy atom. The largest absolute Gasteiger partial charge is 0.497 e. The van der Waals surface area contributed by atoms with Crippen LogP contribution in [0.5, 0.6) is 28.7 Å². The standard InChI is InChI=1S/C53H38N6O3/c1-33-19-21-54-52(23-33)58-48-13-6-4-11-42(48)44-17-15-38(29-50(44)58)61-37-10-8-9-35(25-37)46-31-57-47(32-56-46)36-26-40(60-3)28-41(27-36)62-39-16-18-45-43-12-5-7-14-49(43)59(51(45)30-39)53-24-34(2)20-22-55-53/h4-32H,1-3H3. The van der Waals surface area contributed by atoms with Gasteiger partial charge in [-0.05, 0) is 110 Å². The summed E-state index contributed by atoms with van der Waals surface area (Å²) in [5.74, 6) is 5.06. The lowest BCUT2D eigenvalue weighted by Gasteiger charge is -2.12. The van der Waals surface area contributed by atoms with Crippen LogP contribution in [0.4, 0.5) is 0 Å². The van der Waals surface area contributed by atoms with Crippen LogP contribution in [0, 0.1) is 13.8 Å². The number of benzene rings is 6. The number of ether oxygens (including phenoxy) is 3. The Balaban J connectivity index is 0.872. The van der Waals surface area contributed by atoms with Gasteiger partial charge >= 0.3 is 0 Å². The molecule has 0 spiro atoms. The number of hydrogen-bond acceptors (Lipinski definition) is 7. The summed E-state index contributed by atoms with van der Waals surface area (Å²) in [5.41, 5.74) is 9.55. The summed E-state index contributed by atoms with van der Waals surface area (Å²) in [6.07, 6.45) is 7.24. The molecule has 0 radical (unpaired) electrons. The molecule has 0 atom stereocenters. The van der Waals surface area contributed by atoms with Gasteiger partial charge in [-0.3, -0.25) is 19.1 Å². The summed E-state index contributed by atoms with van der Waals surface area (Å²) < 4.78 is 23.1. The monoisotopic (exact) mass is 806 g/mol. The minimum absolute atomic E-state index is 0.611. The van der Waals surface area contributed by atoms with E-state index < -0.39 is 0 Å². The molecule has 0 fully saturated rings. The molecule has 9 nitrogen and oxygen atoms in total. The van der Waals surface area contributed by atoms with Crippen molar-refractivity contribution in [3.63, 3.8) is 0 Å². The van der Waals surface area contributed by atoms with Crippen LogP contribution in [0.15, 0.2) is 176 Å². The average Bonchev–Trinajstić information content (AvgIpc) is 3.81. The molecule has 0 saturated carbocycles. The van der Waals surface area contributed by atoms with Crippen LogP contribution in [0.2, 0.25) is 0 Å². The molecule has 0 aliphatic carbocycles. The van der Waals surface area contributed by atoms with E-state index in [1.54, 1.807) is 19.5 Å². The predicted octanol–water partition coefficient (Wildman–Crippen LogP) is 13.0. The Hall–Kier alpha value is -8.30. The van der Waals surface area contributed by atoms with E-state index in [1.165, 1.54) is 0 Å². The van der Waals surface area contributed by atoms with Crippen molar-refractivity contribution in [2.75, 3.05) is 7.11 Å². The molecule has 0 amide bonds. The van der Waals surface area contributed by atoms with E-state index in [9.17, 15) is 0 Å². The molecule has 0 saturated heterocycles. The first-order valence-corrected chi connectivity index (χ1v) is 20.4. The zero-order valence-corrected chi connectivity index (χ0v) is 34.2. The highest BCUT2D eigenvalue weighted by molar-refractivity contribution is 6.10. The summed E-state index contributed by atoms with van der Waals surface area (Å²) in [5, 5.41) is 4.56. The topological polar surface area (TPSA) is 89.1 Å². The molecule has 0 aliphatic heterocycles. The summed E-state index contributed by atoms with van der Waals surface area (Å²) >= 11 is 0. The third kappa shape index (κ3) is 6.62. The van der Waals surface area contributed by atoms with Crippen molar-refractivity contribution in [3.05, 3.63) is 188 Å². The van der Waals surface area contributed by atoms with E-state index in [0.717, 1.165) is 83.3 Å². The maximum absolute atomic E-state index is 6.55. The number of rotatable bonds is 9. The second-order valence-corrected chi connectivity index (χ2v) is 15.4. The molecular weight excluding hydrogens is 769 g/mol. The van der Waals surface area contributed by atoms with E-state index in [0.29, 0.717) is 34.4 Å². The molecule has 11 aromatic rings. The van der Waals surface area contributed by atoms with Crippen LogP contribution >= 0.6 is 0 Å². The molecule has 5 aromatic heterocycles. The SMILES string of the molecule is COc1cc(Oc2ccc3c4ccccc4n(-c4cc(C)ccn4)c3c2)cc(-c2cnc(-c3cccc(Oc4ccc5c6ccccc6n(-c6cc(C)ccn6)c5c4)c3)cn2)c1. The highest BCUT2D eigenvalue weighted by atomic mass is 16.5. The molecular formula is C53H38N6O3. The lowest BCUT2D eigenvalue weighted by molar-refractivity contribution is 0.409. The first-order valence-electron chi connectivity index (χ1n) is 20.4. The van der Waals surface area contributed by atoms with Gasteiger partial charge in [0, 0.05) is 63.3 Å². The normalized spacial score (nSPS) is 11.5. The lowest BCUT2D eigenvalue weighted by atomic mass is 10.1. The van der Waals surface area contributed by atoms with Gasteiger partial charge in [-0.25, -0.2) is 9.97 Å². The van der Waals surface area contributed by atoms with Crippen molar-refractivity contribution < 1.29 is 14.2 Å². The highest BCUT2D eigenvalue weighted by Gasteiger charge is 2.17. The van der Waals surface area contributed by atoms with E-state index in [-0.39, 0.29) is 0 Å². The molecule has 9 heteroatoms. The molecule has 0 bridgehead atoms. The Labute approximate surface area is 357 Å². The number of pyridine rings is 2. The molecule has 0 unspecified atom stereocenters. The van der Waals surface area contributed by atoms with Crippen molar-refractivity contribution in [1.29, 1.82) is 0 Å². The summed E-state index contributed by atoms with van der Waals surface area (Å²) in [7, 11) is 1.64. The second kappa shape index (κ2) is 15.1. The van der Waals surface area contributed by atoms with Gasteiger partial charge in [0.15, 0.2) is 0 Å². The van der Waals surface area contributed by atoms with Crippen LogP contribution in [-0.4, -0.2) is 36.2 Å². The van der Waals surface area contributed by atoms with Gasteiger partial charge in [0.1, 0.15) is 40.4 Å². The van der Waals surface area contributed by atoms with Gasteiger partial charge in [-0.15, -0.1) is 0 Å². The molecule has 0 aliphatic rings. The number of aryl methyl sites for hydroxylation is 2. The molecule has 11 rings (SSSR count). The Kier molecular flexibility index (Phi) is 8.93. The third-order valence-electron chi connectivity index (χ3n) is 11.2.